The lowest BCUT2D eigenvalue weighted by Gasteiger charge is -2.29. The first-order valence-corrected chi connectivity index (χ1v) is 5.62. The van der Waals surface area contributed by atoms with Crippen molar-refractivity contribution in [1.82, 2.24) is 9.80 Å². The number of carbonyl (C=O) groups excluding carboxylic acids is 1. The summed E-state index contributed by atoms with van der Waals surface area (Å²) >= 11 is 0. The van der Waals surface area contributed by atoms with Crippen LogP contribution in [0.1, 0.15) is 27.2 Å². The van der Waals surface area contributed by atoms with E-state index >= 15 is 0 Å². The summed E-state index contributed by atoms with van der Waals surface area (Å²) in [5.74, 6) is 0.138. The molecule has 1 rings (SSSR count). The first-order chi connectivity index (χ1) is 6.93. The van der Waals surface area contributed by atoms with Gasteiger partial charge >= 0.3 is 0 Å². The predicted octanol–water partition coefficient (Wildman–Crippen LogP) is 0.308. The number of amides is 1. The van der Waals surface area contributed by atoms with Crippen molar-refractivity contribution in [2.24, 2.45) is 0 Å². The molecule has 0 aromatic carbocycles. The molecule has 1 aliphatic rings. The SMILES string of the molecule is CC(C(=O)N(C)C(C)C)N1CC[C@@H](O)C1. The van der Waals surface area contributed by atoms with Crippen LogP contribution in [0.15, 0.2) is 0 Å². The van der Waals surface area contributed by atoms with E-state index in [9.17, 15) is 9.90 Å². The second-order valence-corrected chi connectivity index (χ2v) is 4.66. The van der Waals surface area contributed by atoms with E-state index < -0.39 is 0 Å². The number of likely N-dealkylation sites (N-methyl/N-ethyl adjacent to an activating group) is 1. The molecular weight excluding hydrogens is 192 g/mol. The van der Waals surface area contributed by atoms with E-state index in [1.807, 2.05) is 32.7 Å². The first-order valence-electron chi connectivity index (χ1n) is 5.62. The van der Waals surface area contributed by atoms with Gasteiger partial charge in [0.05, 0.1) is 12.1 Å². The fourth-order valence-electron chi connectivity index (χ4n) is 1.83. The molecule has 2 atom stereocenters. The van der Waals surface area contributed by atoms with Gasteiger partial charge in [-0.25, -0.2) is 0 Å². The van der Waals surface area contributed by atoms with E-state index in [0.29, 0.717) is 6.54 Å². The van der Waals surface area contributed by atoms with Gasteiger partial charge in [-0.1, -0.05) is 0 Å². The van der Waals surface area contributed by atoms with Crippen LogP contribution in [-0.2, 0) is 4.79 Å². The van der Waals surface area contributed by atoms with Gasteiger partial charge in [0.15, 0.2) is 0 Å². The van der Waals surface area contributed by atoms with E-state index in [0.717, 1.165) is 13.0 Å². The molecule has 4 heteroatoms. The topological polar surface area (TPSA) is 43.8 Å². The molecule has 0 saturated carbocycles. The quantitative estimate of drug-likeness (QED) is 0.735. The fraction of sp³-hybridized carbons (Fsp3) is 0.909. The number of nitrogens with zero attached hydrogens (tertiary/aromatic N) is 2. The third-order valence-electron chi connectivity index (χ3n) is 3.22. The molecule has 1 fully saturated rings. The Morgan fingerprint density at radius 2 is 2.07 bits per heavy atom. The Labute approximate surface area is 91.9 Å². The summed E-state index contributed by atoms with van der Waals surface area (Å²) in [6, 6.07) is 0.113. The van der Waals surface area contributed by atoms with Crippen LogP contribution in [0.5, 0.6) is 0 Å². The van der Waals surface area contributed by atoms with Crippen molar-refractivity contribution in [2.75, 3.05) is 20.1 Å². The van der Waals surface area contributed by atoms with Gasteiger partial charge in [-0.2, -0.15) is 0 Å². The number of likely N-dealkylation sites (tertiary alicyclic amines) is 1. The number of hydrogen-bond acceptors (Lipinski definition) is 3. The molecule has 0 spiro atoms. The van der Waals surface area contributed by atoms with Crippen molar-refractivity contribution in [3.05, 3.63) is 0 Å². The summed E-state index contributed by atoms with van der Waals surface area (Å²) in [5.41, 5.74) is 0. The molecule has 0 aromatic rings. The van der Waals surface area contributed by atoms with Gasteiger partial charge in [0.1, 0.15) is 0 Å². The summed E-state index contributed by atoms with van der Waals surface area (Å²) in [7, 11) is 1.83. The van der Waals surface area contributed by atoms with Crippen LogP contribution in [0, 0.1) is 0 Å². The highest BCUT2D eigenvalue weighted by Crippen LogP contribution is 2.14. The van der Waals surface area contributed by atoms with Crippen LogP contribution in [0.3, 0.4) is 0 Å². The predicted molar refractivity (Wildman–Crippen MR) is 59.6 cm³/mol. The monoisotopic (exact) mass is 214 g/mol. The average molecular weight is 214 g/mol. The highest BCUT2D eigenvalue weighted by molar-refractivity contribution is 5.81. The molecule has 0 aromatic heterocycles. The molecular formula is C11H22N2O2. The number of hydrogen-bond donors (Lipinski definition) is 1. The van der Waals surface area contributed by atoms with Gasteiger partial charge in [-0.15, -0.1) is 0 Å². The Balaban J connectivity index is 2.53. The minimum atomic E-state index is -0.260. The van der Waals surface area contributed by atoms with E-state index in [1.165, 1.54) is 0 Å². The smallest absolute Gasteiger partial charge is 0.239 e. The Morgan fingerprint density at radius 3 is 2.47 bits per heavy atom. The molecule has 1 unspecified atom stereocenters. The molecule has 1 aliphatic heterocycles. The molecule has 0 radical (unpaired) electrons. The van der Waals surface area contributed by atoms with Gasteiger partial charge < -0.3 is 10.0 Å². The van der Waals surface area contributed by atoms with E-state index in [-0.39, 0.29) is 24.1 Å². The molecule has 0 bridgehead atoms. The summed E-state index contributed by atoms with van der Waals surface area (Å²) in [5, 5.41) is 9.41. The van der Waals surface area contributed by atoms with Crippen molar-refractivity contribution >= 4 is 5.91 Å². The lowest BCUT2D eigenvalue weighted by Crippen LogP contribution is -2.47. The maximum Gasteiger partial charge on any atom is 0.239 e. The second-order valence-electron chi connectivity index (χ2n) is 4.66. The standard InChI is InChI=1S/C11H22N2O2/c1-8(2)12(4)11(15)9(3)13-6-5-10(14)7-13/h8-10,14H,5-7H2,1-4H3/t9?,10-/m1/s1. The van der Waals surface area contributed by atoms with Crippen LogP contribution < -0.4 is 0 Å². The van der Waals surface area contributed by atoms with Gasteiger partial charge in [0.25, 0.3) is 0 Å². The number of carbonyl (C=O) groups is 1. The van der Waals surface area contributed by atoms with E-state index in [1.54, 1.807) is 4.90 Å². The molecule has 1 N–H and O–H groups in total. The van der Waals surface area contributed by atoms with Crippen molar-refractivity contribution < 1.29 is 9.90 Å². The summed E-state index contributed by atoms with van der Waals surface area (Å²) in [6.45, 7) is 7.37. The van der Waals surface area contributed by atoms with Gasteiger partial charge in [-0.05, 0) is 27.2 Å². The molecule has 4 nitrogen and oxygen atoms in total. The summed E-state index contributed by atoms with van der Waals surface area (Å²) in [6.07, 6.45) is 0.521. The van der Waals surface area contributed by atoms with Crippen LogP contribution in [0.4, 0.5) is 0 Å². The zero-order valence-electron chi connectivity index (χ0n) is 10.1. The van der Waals surface area contributed by atoms with Crippen LogP contribution in [0.2, 0.25) is 0 Å². The molecule has 0 aliphatic carbocycles. The lowest BCUT2D eigenvalue weighted by atomic mass is 10.2. The highest BCUT2D eigenvalue weighted by Gasteiger charge is 2.30. The molecule has 1 saturated heterocycles. The first kappa shape index (κ1) is 12.5. The van der Waals surface area contributed by atoms with Crippen molar-refractivity contribution in [2.45, 2.75) is 45.4 Å². The number of aliphatic hydroxyl groups is 1. The van der Waals surface area contributed by atoms with Crippen LogP contribution >= 0.6 is 0 Å². The van der Waals surface area contributed by atoms with Crippen molar-refractivity contribution in [1.29, 1.82) is 0 Å². The van der Waals surface area contributed by atoms with Crippen molar-refractivity contribution in [3.8, 4) is 0 Å². The maximum absolute atomic E-state index is 12.0. The van der Waals surface area contributed by atoms with E-state index in [2.05, 4.69) is 0 Å². The average Bonchev–Trinajstić information content (AvgIpc) is 2.61. The zero-order chi connectivity index (χ0) is 11.6. The Hall–Kier alpha value is -0.610. The van der Waals surface area contributed by atoms with E-state index in [4.69, 9.17) is 0 Å². The Kier molecular flexibility index (Phi) is 4.11. The van der Waals surface area contributed by atoms with Gasteiger partial charge in [-0.3, -0.25) is 9.69 Å². The Morgan fingerprint density at radius 1 is 1.47 bits per heavy atom. The fourth-order valence-corrected chi connectivity index (χ4v) is 1.83. The zero-order valence-corrected chi connectivity index (χ0v) is 10.1. The van der Waals surface area contributed by atoms with Crippen LogP contribution in [-0.4, -0.2) is 59.1 Å². The van der Waals surface area contributed by atoms with Crippen molar-refractivity contribution in [3.63, 3.8) is 0 Å². The molecule has 88 valence electrons. The number of aliphatic hydroxyl groups excluding tert-OH is 1. The lowest BCUT2D eigenvalue weighted by molar-refractivity contribution is -0.136. The number of rotatable bonds is 3. The molecule has 1 heterocycles. The minimum absolute atomic E-state index is 0.116. The Bertz CT molecular complexity index is 231. The molecule has 1 amide bonds. The third-order valence-corrected chi connectivity index (χ3v) is 3.22. The minimum Gasteiger partial charge on any atom is -0.392 e. The summed E-state index contributed by atoms with van der Waals surface area (Å²) < 4.78 is 0. The van der Waals surface area contributed by atoms with Crippen LogP contribution in [0.25, 0.3) is 0 Å². The highest BCUT2D eigenvalue weighted by atomic mass is 16.3. The largest absolute Gasteiger partial charge is 0.392 e. The normalized spacial score (nSPS) is 24.5. The second kappa shape index (κ2) is 4.94. The number of β-amino-alcohol motifs (C(OH)–C–C–N with tert-alkyl or cyclic N) is 1. The van der Waals surface area contributed by atoms with Gasteiger partial charge in [0, 0.05) is 26.2 Å². The van der Waals surface area contributed by atoms with Gasteiger partial charge in [0.2, 0.25) is 5.91 Å². The summed E-state index contributed by atoms with van der Waals surface area (Å²) in [4.78, 5) is 15.8. The molecule has 15 heavy (non-hydrogen) atoms. The third kappa shape index (κ3) is 2.92. The maximum atomic E-state index is 12.0.